The molecule has 0 spiro atoms. The van der Waals surface area contributed by atoms with Gasteiger partial charge in [0, 0.05) is 5.75 Å². The number of hydrogen-bond donors (Lipinski definition) is 1. The minimum Gasteiger partial charge on any atom is -0.462 e. The minimum atomic E-state index is -0.0891. The minimum absolute atomic E-state index is 0.0891. The SMILES string of the molecule is CC1CCCCC1OC(=O)CCS. The lowest BCUT2D eigenvalue weighted by molar-refractivity contribution is -0.152. The lowest BCUT2D eigenvalue weighted by Crippen LogP contribution is -2.28. The second-order valence-electron chi connectivity index (χ2n) is 3.76. The standard InChI is InChI=1S/C10H18O2S/c1-8-4-2-3-5-9(8)12-10(11)6-7-13/h8-9,13H,2-7H2,1H3. The molecule has 2 atom stereocenters. The molecule has 3 heteroatoms. The van der Waals surface area contributed by atoms with Crippen LogP contribution in [0.4, 0.5) is 0 Å². The van der Waals surface area contributed by atoms with E-state index in [0.29, 0.717) is 18.1 Å². The van der Waals surface area contributed by atoms with Crippen LogP contribution in [-0.4, -0.2) is 17.8 Å². The molecule has 0 heterocycles. The predicted octanol–water partition coefficient (Wildman–Crippen LogP) is 2.43. The van der Waals surface area contributed by atoms with E-state index in [0.717, 1.165) is 6.42 Å². The molecule has 1 aliphatic carbocycles. The Morgan fingerprint density at radius 1 is 1.46 bits per heavy atom. The van der Waals surface area contributed by atoms with Crippen molar-refractivity contribution < 1.29 is 9.53 Å². The molecule has 0 bridgehead atoms. The lowest BCUT2D eigenvalue weighted by Gasteiger charge is -2.28. The molecule has 1 fully saturated rings. The summed E-state index contributed by atoms with van der Waals surface area (Å²) in [6.45, 7) is 2.16. The van der Waals surface area contributed by atoms with Crippen molar-refractivity contribution >= 4 is 18.6 Å². The average molecular weight is 202 g/mol. The molecule has 1 rings (SSSR count). The van der Waals surface area contributed by atoms with Crippen molar-refractivity contribution in [2.45, 2.75) is 45.1 Å². The topological polar surface area (TPSA) is 26.3 Å². The maximum absolute atomic E-state index is 11.2. The molecule has 0 aromatic heterocycles. The monoisotopic (exact) mass is 202 g/mol. The van der Waals surface area contributed by atoms with Gasteiger partial charge < -0.3 is 4.74 Å². The number of esters is 1. The summed E-state index contributed by atoms with van der Waals surface area (Å²) in [5.41, 5.74) is 0. The first-order valence-corrected chi connectivity index (χ1v) is 5.67. The smallest absolute Gasteiger partial charge is 0.306 e. The van der Waals surface area contributed by atoms with E-state index < -0.39 is 0 Å². The summed E-state index contributed by atoms with van der Waals surface area (Å²) >= 11 is 4.00. The van der Waals surface area contributed by atoms with Gasteiger partial charge in [0.05, 0.1) is 6.42 Å². The fraction of sp³-hybridized carbons (Fsp3) is 0.900. The molecular formula is C10H18O2S. The van der Waals surface area contributed by atoms with Gasteiger partial charge in [-0.2, -0.15) is 12.6 Å². The van der Waals surface area contributed by atoms with Gasteiger partial charge in [0.1, 0.15) is 6.10 Å². The van der Waals surface area contributed by atoms with Crippen LogP contribution in [0.2, 0.25) is 0 Å². The summed E-state index contributed by atoms with van der Waals surface area (Å²) in [7, 11) is 0. The number of thiol groups is 1. The van der Waals surface area contributed by atoms with Gasteiger partial charge in [-0.1, -0.05) is 13.3 Å². The first kappa shape index (κ1) is 10.9. The van der Waals surface area contributed by atoms with E-state index in [2.05, 4.69) is 19.6 Å². The highest BCUT2D eigenvalue weighted by Gasteiger charge is 2.24. The summed E-state index contributed by atoms with van der Waals surface area (Å²) in [5.74, 6) is 1.03. The van der Waals surface area contributed by atoms with Gasteiger partial charge in [-0.25, -0.2) is 0 Å². The number of hydrogen-bond acceptors (Lipinski definition) is 3. The van der Waals surface area contributed by atoms with Crippen LogP contribution in [0.15, 0.2) is 0 Å². The Bertz CT molecular complexity index is 170. The second kappa shape index (κ2) is 5.53. The third-order valence-electron chi connectivity index (χ3n) is 2.63. The van der Waals surface area contributed by atoms with Gasteiger partial charge in [0.15, 0.2) is 0 Å². The molecule has 13 heavy (non-hydrogen) atoms. The van der Waals surface area contributed by atoms with Gasteiger partial charge in [0.2, 0.25) is 0 Å². The molecular weight excluding hydrogens is 184 g/mol. The van der Waals surface area contributed by atoms with Crippen molar-refractivity contribution in [3.63, 3.8) is 0 Å². The van der Waals surface area contributed by atoms with Crippen LogP contribution in [0.5, 0.6) is 0 Å². The van der Waals surface area contributed by atoms with E-state index in [9.17, 15) is 4.79 Å². The Labute approximate surface area is 85.4 Å². The van der Waals surface area contributed by atoms with Crippen molar-refractivity contribution in [1.29, 1.82) is 0 Å². The number of carbonyl (C=O) groups is 1. The molecule has 0 aliphatic heterocycles. The van der Waals surface area contributed by atoms with Crippen molar-refractivity contribution in [2.75, 3.05) is 5.75 Å². The highest BCUT2D eigenvalue weighted by molar-refractivity contribution is 7.80. The first-order valence-electron chi connectivity index (χ1n) is 5.04. The van der Waals surface area contributed by atoms with Crippen LogP contribution >= 0.6 is 12.6 Å². The van der Waals surface area contributed by atoms with E-state index in [1.54, 1.807) is 0 Å². The zero-order chi connectivity index (χ0) is 9.68. The molecule has 0 aromatic rings. The lowest BCUT2D eigenvalue weighted by atomic mass is 9.88. The van der Waals surface area contributed by atoms with Crippen LogP contribution in [0.3, 0.4) is 0 Å². The Kier molecular flexibility index (Phi) is 4.64. The van der Waals surface area contributed by atoms with Crippen LogP contribution in [0.1, 0.15) is 39.0 Å². The van der Waals surface area contributed by atoms with E-state index >= 15 is 0 Å². The van der Waals surface area contributed by atoms with Crippen molar-refractivity contribution in [2.24, 2.45) is 5.92 Å². The fourth-order valence-electron chi connectivity index (χ4n) is 1.78. The van der Waals surface area contributed by atoms with Gasteiger partial charge in [-0.15, -0.1) is 0 Å². The summed E-state index contributed by atoms with van der Waals surface area (Å²) in [5, 5.41) is 0. The predicted molar refractivity (Wildman–Crippen MR) is 56.0 cm³/mol. The van der Waals surface area contributed by atoms with Crippen LogP contribution in [-0.2, 0) is 9.53 Å². The fourth-order valence-corrected chi connectivity index (χ4v) is 1.96. The molecule has 0 amide bonds. The molecule has 1 saturated carbocycles. The molecule has 2 unspecified atom stereocenters. The van der Waals surface area contributed by atoms with Crippen LogP contribution in [0.25, 0.3) is 0 Å². The molecule has 0 saturated heterocycles. The Hall–Kier alpha value is -0.180. The third-order valence-corrected chi connectivity index (χ3v) is 2.86. The molecule has 1 aliphatic rings. The molecule has 0 radical (unpaired) electrons. The molecule has 0 aromatic carbocycles. The third kappa shape index (κ3) is 3.59. The van der Waals surface area contributed by atoms with Gasteiger partial charge in [-0.3, -0.25) is 4.79 Å². The maximum atomic E-state index is 11.2. The van der Waals surface area contributed by atoms with Crippen LogP contribution < -0.4 is 0 Å². The van der Waals surface area contributed by atoms with Crippen molar-refractivity contribution in [1.82, 2.24) is 0 Å². The number of carbonyl (C=O) groups excluding carboxylic acids is 1. The highest BCUT2D eigenvalue weighted by atomic mass is 32.1. The van der Waals surface area contributed by atoms with Gasteiger partial charge >= 0.3 is 5.97 Å². The Balaban J connectivity index is 2.29. The zero-order valence-electron chi connectivity index (χ0n) is 8.16. The van der Waals surface area contributed by atoms with E-state index in [4.69, 9.17) is 4.74 Å². The molecule has 76 valence electrons. The normalized spacial score (nSPS) is 28.5. The van der Waals surface area contributed by atoms with Crippen LogP contribution in [0, 0.1) is 5.92 Å². The van der Waals surface area contributed by atoms with Gasteiger partial charge in [0.25, 0.3) is 0 Å². The van der Waals surface area contributed by atoms with Crippen molar-refractivity contribution in [3.8, 4) is 0 Å². The Morgan fingerprint density at radius 3 is 2.77 bits per heavy atom. The van der Waals surface area contributed by atoms with E-state index in [1.807, 2.05) is 0 Å². The average Bonchev–Trinajstić information content (AvgIpc) is 2.09. The van der Waals surface area contributed by atoms with E-state index in [1.165, 1.54) is 19.3 Å². The van der Waals surface area contributed by atoms with Gasteiger partial charge in [-0.05, 0) is 25.2 Å². The van der Waals surface area contributed by atoms with E-state index in [-0.39, 0.29) is 12.1 Å². The highest BCUT2D eigenvalue weighted by Crippen LogP contribution is 2.26. The Morgan fingerprint density at radius 2 is 2.15 bits per heavy atom. The molecule has 0 N–H and O–H groups in total. The summed E-state index contributed by atoms with van der Waals surface area (Å²) in [6.07, 6.45) is 5.32. The zero-order valence-corrected chi connectivity index (χ0v) is 9.06. The summed E-state index contributed by atoms with van der Waals surface area (Å²) in [4.78, 5) is 11.2. The van der Waals surface area contributed by atoms with Crippen molar-refractivity contribution in [3.05, 3.63) is 0 Å². The quantitative estimate of drug-likeness (QED) is 0.562. The number of rotatable bonds is 3. The summed E-state index contributed by atoms with van der Waals surface area (Å²) < 4.78 is 5.36. The second-order valence-corrected chi connectivity index (χ2v) is 4.21. The molecule has 2 nitrogen and oxygen atoms in total. The largest absolute Gasteiger partial charge is 0.462 e. The summed E-state index contributed by atoms with van der Waals surface area (Å²) in [6, 6.07) is 0. The maximum Gasteiger partial charge on any atom is 0.306 e. The number of ether oxygens (including phenoxy) is 1. The first-order chi connectivity index (χ1) is 6.24.